The maximum Gasteiger partial charge on any atom is 0.266 e. The van der Waals surface area contributed by atoms with Crippen molar-refractivity contribution in [1.29, 1.82) is 0 Å². The van der Waals surface area contributed by atoms with E-state index in [1.54, 1.807) is 54.6 Å². The normalized spacial score (nSPS) is 22.4. The number of imide groups is 1. The van der Waals surface area contributed by atoms with Crippen LogP contribution in [0.25, 0.3) is 0 Å². The highest BCUT2D eigenvalue weighted by Gasteiger charge is 2.60. The Labute approximate surface area is 192 Å². The summed E-state index contributed by atoms with van der Waals surface area (Å²) < 4.78 is 5.88. The summed E-state index contributed by atoms with van der Waals surface area (Å²) in [5.74, 6) is -0.888. The Bertz CT molecular complexity index is 1180. The van der Waals surface area contributed by atoms with Gasteiger partial charge in [-0.25, -0.2) is 9.96 Å². The molecular weight excluding hydrogens is 476 g/mol. The van der Waals surface area contributed by atoms with Gasteiger partial charge in [0.05, 0.1) is 24.5 Å². The number of hydroxylamine groups is 1. The zero-order chi connectivity index (χ0) is 22.4. The lowest BCUT2D eigenvalue weighted by molar-refractivity contribution is -0.126. The molecule has 1 N–H and O–H groups in total. The van der Waals surface area contributed by atoms with Crippen LogP contribution in [-0.4, -0.2) is 30.1 Å². The van der Waals surface area contributed by atoms with Crippen molar-refractivity contribution in [3.05, 3.63) is 82.8 Å². The van der Waals surface area contributed by atoms with Gasteiger partial charge in [-0.05, 0) is 60.2 Å². The van der Waals surface area contributed by atoms with Gasteiger partial charge in [-0.3, -0.25) is 14.4 Å². The molecule has 8 heteroatoms. The van der Waals surface area contributed by atoms with Gasteiger partial charge < -0.3 is 9.84 Å². The quantitative estimate of drug-likeness (QED) is 0.547. The number of phenolic OH excluding ortho intramolecular Hbond substituents is 1. The number of ether oxygens (including phenoxy) is 1. The number of amides is 2. The van der Waals surface area contributed by atoms with Gasteiger partial charge in [0.25, 0.3) is 5.91 Å². The molecule has 7 nitrogen and oxygen atoms in total. The molecule has 162 valence electrons. The molecule has 0 radical (unpaired) electrons. The Morgan fingerprint density at radius 2 is 1.66 bits per heavy atom. The molecule has 2 saturated heterocycles. The highest BCUT2D eigenvalue weighted by atomic mass is 79.9. The first kappa shape index (κ1) is 20.5. The van der Waals surface area contributed by atoms with E-state index in [0.717, 1.165) is 0 Å². The summed E-state index contributed by atoms with van der Waals surface area (Å²) in [6, 6.07) is 20.3. The number of carbonyl (C=O) groups excluding carboxylic acids is 2. The van der Waals surface area contributed by atoms with Gasteiger partial charge in [0.1, 0.15) is 17.4 Å². The molecule has 5 rings (SSSR count). The van der Waals surface area contributed by atoms with E-state index in [1.807, 2.05) is 30.3 Å². The summed E-state index contributed by atoms with van der Waals surface area (Å²) in [4.78, 5) is 34.2. The van der Waals surface area contributed by atoms with Gasteiger partial charge in [-0.1, -0.05) is 34.1 Å². The monoisotopic (exact) mass is 494 g/mol. The van der Waals surface area contributed by atoms with Crippen molar-refractivity contribution in [3.63, 3.8) is 0 Å². The number of hydrogen-bond acceptors (Lipinski definition) is 6. The number of aromatic hydroxyl groups is 1. The Balaban J connectivity index is 1.59. The highest BCUT2D eigenvalue weighted by Crippen LogP contribution is 2.49. The largest absolute Gasteiger partial charge is 0.508 e. The minimum absolute atomic E-state index is 0.0587. The lowest BCUT2D eigenvalue weighted by atomic mass is 9.90. The van der Waals surface area contributed by atoms with Gasteiger partial charge in [-0.15, -0.1) is 0 Å². The Morgan fingerprint density at radius 3 is 2.34 bits per heavy atom. The van der Waals surface area contributed by atoms with Gasteiger partial charge in [0, 0.05) is 4.47 Å². The summed E-state index contributed by atoms with van der Waals surface area (Å²) in [6.07, 6.45) is -0.982. The van der Waals surface area contributed by atoms with Crippen LogP contribution in [0.5, 0.6) is 11.5 Å². The van der Waals surface area contributed by atoms with Crippen molar-refractivity contribution >= 4 is 39.1 Å². The van der Waals surface area contributed by atoms with Crippen molar-refractivity contribution < 1.29 is 24.3 Å². The molecule has 2 heterocycles. The molecule has 0 saturated carbocycles. The highest BCUT2D eigenvalue weighted by molar-refractivity contribution is 9.10. The van der Waals surface area contributed by atoms with Crippen LogP contribution in [0.1, 0.15) is 11.6 Å². The summed E-state index contributed by atoms with van der Waals surface area (Å²) >= 11 is 3.53. The van der Waals surface area contributed by atoms with Crippen molar-refractivity contribution in [1.82, 2.24) is 0 Å². The van der Waals surface area contributed by atoms with Crippen LogP contribution in [0.3, 0.4) is 0 Å². The maximum atomic E-state index is 13.6. The van der Waals surface area contributed by atoms with E-state index in [2.05, 4.69) is 15.9 Å². The Hall–Kier alpha value is -3.36. The van der Waals surface area contributed by atoms with E-state index in [1.165, 1.54) is 4.90 Å². The Morgan fingerprint density at radius 1 is 0.938 bits per heavy atom. The number of methoxy groups -OCH3 is 1. The molecule has 0 bridgehead atoms. The van der Waals surface area contributed by atoms with Crippen LogP contribution in [-0.2, 0) is 14.4 Å². The summed E-state index contributed by atoms with van der Waals surface area (Å²) in [5.41, 5.74) is 1.82. The maximum absolute atomic E-state index is 13.6. The third-order valence-corrected chi connectivity index (χ3v) is 6.48. The second-order valence-corrected chi connectivity index (χ2v) is 8.43. The number of phenols is 1. The first-order chi connectivity index (χ1) is 15.5. The number of nitrogens with zero attached hydrogens (tertiary/aromatic N) is 2. The van der Waals surface area contributed by atoms with E-state index in [-0.39, 0.29) is 11.7 Å². The SMILES string of the molecule is COc1ccc(N2C(=O)[C@H]3[C@@H](c4cc(O)ccc4Br)N(c4ccccc4)O[C@H]3C2=O)cc1. The number of rotatable bonds is 4. The Kier molecular flexibility index (Phi) is 5.11. The van der Waals surface area contributed by atoms with Gasteiger partial charge in [0.15, 0.2) is 6.10 Å². The minimum atomic E-state index is -0.982. The average molecular weight is 495 g/mol. The molecule has 3 aromatic rings. The van der Waals surface area contributed by atoms with Crippen molar-refractivity contribution in [2.45, 2.75) is 12.1 Å². The predicted molar refractivity (Wildman–Crippen MR) is 121 cm³/mol. The van der Waals surface area contributed by atoms with Crippen LogP contribution in [0.4, 0.5) is 11.4 Å². The van der Waals surface area contributed by atoms with Crippen LogP contribution < -0.4 is 14.7 Å². The first-order valence-electron chi connectivity index (χ1n) is 10.0. The van der Waals surface area contributed by atoms with Gasteiger partial charge >= 0.3 is 0 Å². The van der Waals surface area contributed by atoms with Crippen LogP contribution >= 0.6 is 15.9 Å². The van der Waals surface area contributed by atoms with E-state index in [9.17, 15) is 14.7 Å². The molecule has 2 amide bonds. The molecule has 0 aromatic heterocycles. The number of benzene rings is 3. The molecule has 2 aliphatic heterocycles. The molecule has 0 unspecified atom stereocenters. The average Bonchev–Trinajstić information content (AvgIpc) is 3.32. The molecule has 0 spiro atoms. The van der Waals surface area contributed by atoms with Gasteiger partial charge in [-0.2, -0.15) is 0 Å². The smallest absolute Gasteiger partial charge is 0.266 e. The van der Waals surface area contributed by atoms with Crippen LogP contribution in [0, 0.1) is 5.92 Å². The standard InChI is InChI=1S/C24H19BrN2O5/c1-31-17-10-7-14(8-11-17)26-23(29)20-21(18-13-16(28)9-12-19(18)25)27(32-22(20)24(26)30)15-5-3-2-4-6-15/h2-13,20-22,28H,1H3/t20-,21+,22+/m0/s1. The van der Waals surface area contributed by atoms with Crippen LogP contribution in [0.2, 0.25) is 0 Å². The molecular formula is C24H19BrN2O5. The molecule has 32 heavy (non-hydrogen) atoms. The predicted octanol–water partition coefficient (Wildman–Crippen LogP) is 4.21. The summed E-state index contributed by atoms with van der Waals surface area (Å²) in [5, 5.41) is 11.7. The molecule has 3 atom stereocenters. The van der Waals surface area contributed by atoms with Crippen molar-refractivity contribution in [2.75, 3.05) is 17.1 Å². The van der Waals surface area contributed by atoms with E-state index < -0.39 is 24.0 Å². The number of carbonyl (C=O) groups is 2. The van der Waals surface area contributed by atoms with Crippen LogP contribution in [0.15, 0.2) is 77.3 Å². The fourth-order valence-electron chi connectivity index (χ4n) is 4.27. The lowest BCUT2D eigenvalue weighted by Gasteiger charge is -2.29. The molecule has 2 aliphatic rings. The van der Waals surface area contributed by atoms with E-state index in [0.29, 0.717) is 27.2 Å². The number of halogens is 1. The van der Waals surface area contributed by atoms with Crippen molar-refractivity contribution in [3.8, 4) is 11.5 Å². The zero-order valence-corrected chi connectivity index (χ0v) is 18.6. The summed E-state index contributed by atoms with van der Waals surface area (Å²) in [6.45, 7) is 0. The minimum Gasteiger partial charge on any atom is -0.508 e. The fraction of sp³-hybridized carbons (Fsp3) is 0.167. The second kappa shape index (κ2) is 7.96. The number of anilines is 2. The van der Waals surface area contributed by atoms with Gasteiger partial charge in [0.2, 0.25) is 5.91 Å². The molecule has 0 aliphatic carbocycles. The number of para-hydroxylation sites is 1. The molecule has 2 fully saturated rings. The van der Waals surface area contributed by atoms with E-state index >= 15 is 0 Å². The fourth-order valence-corrected chi connectivity index (χ4v) is 4.75. The third kappa shape index (κ3) is 3.23. The first-order valence-corrected chi connectivity index (χ1v) is 10.8. The summed E-state index contributed by atoms with van der Waals surface area (Å²) in [7, 11) is 1.55. The third-order valence-electron chi connectivity index (χ3n) is 5.75. The number of hydrogen-bond donors (Lipinski definition) is 1. The zero-order valence-electron chi connectivity index (χ0n) is 17.0. The number of fused-ring (bicyclic) bond motifs is 1. The van der Waals surface area contributed by atoms with Crippen molar-refractivity contribution in [2.24, 2.45) is 5.92 Å². The van der Waals surface area contributed by atoms with E-state index in [4.69, 9.17) is 9.57 Å². The lowest BCUT2D eigenvalue weighted by Crippen LogP contribution is -2.37. The molecule has 3 aromatic carbocycles. The second-order valence-electron chi connectivity index (χ2n) is 7.57. The topological polar surface area (TPSA) is 79.3 Å².